The van der Waals surface area contributed by atoms with E-state index in [9.17, 15) is 18.0 Å². The molecule has 0 aliphatic carbocycles. The Balaban J connectivity index is 1.98. The summed E-state index contributed by atoms with van der Waals surface area (Å²) in [5, 5.41) is 6.25. The normalized spacial score (nSPS) is 17.8. The van der Waals surface area contributed by atoms with Gasteiger partial charge in [0.25, 0.3) is 0 Å². The first-order chi connectivity index (χ1) is 10.4. The second kappa shape index (κ2) is 5.28. The zero-order valence-corrected chi connectivity index (χ0v) is 12.3. The van der Waals surface area contributed by atoms with Gasteiger partial charge in [0.2, 0.25) is 5.91 Å². The second-order valence-corrected chi connectivity index (χ2v) is 5.94. The fourth-order valence-corrected chi connectivity index (χ4v) is 3.40. The molecule has 116 valence electrons. The van der Waals surface area contributed by atoms with Gasteiger partial charge in [-0.05, 0) is 17.7 Å². The van der Waals surface area contributed by atoms with Crippen molar-refractivity contribution in [2.45, 2.75) is 18.5 Å². The first kappa shape index (κ1) is 14.8. The molecule has 2 N–H and O–H groups in total. The third-order valence-electron chi connectivity index (χ3n) is 3.47. The Morgan fingerprint density at radius 3 is 2.59 bits per heavy atom. The number of nitrogens with zero attached hydrogens (tertiary/aromatic N) is 1. The lowest BCUT2D eigenvalue weighted by Gasteiger charge is -2.21. The number of alkyl halides is 3. The highest BCUT2D eigenvalue weighted by Crippen LogP contribution is 2.42. The van der Waals surface area contributed by atoms with Gasteiger partial charge in [-0.15, -0.1) is 0 Å². The standard InChI is InChI=1S/C14H12F3N3OS/c1-18-13-20-12-11(22-13)9(6-10(21)19-12)7-2-4-8(5-3-7)14(15,16)17/h2-5,9H,6H2,1H3,(H,18,20)(H,19,21)/t9-/m0/s1. The second-order valence-electron chi connectivity index (χ2n) is 4.91. The molecule has 1 atom stereocenters. The number of amides is 1. The lowest BCUT2D eigenvalue weighted by molar-refractivity contribution is -0.137. The summed E-state index contributed by atoms with van der Waals surface area (Å²) < 4.78 is 37.9. The van der Waals surface area contributed by atoms with E-state index >= 15 is 0 Å². The molecule has 1 aromatic carbocycles. The summed E-state index contributed by atoms with van der Waals surface area (Å²) in [6.45, 7) is 0. The molecule has 2 aromatic rings. The monoisotopic (exact) mass is 327 g/mol. The molecule has 0 fully saturated rings. The van der Waals surface area contributed by atoms with E-state index in [1.165, 1.54) is 23.5 Å². The first-order valence-electron chi connectivity index (χ1n) is 6.54. The molecule has 0 bridgehead atoms. The van der Waals surface area contributed by atoms with Gasteiger partial charge in [-0.3, -0.25) is 4.79 Å². The number of hydrogen-bond acceptors (Lipinski definition) is 4. The van der Waals surface area contributed by atoms with Gasteiger partial charge in [-0.1, -0.05) is 23.5 Å². The summed E-state index contributed by atoms with van der Waals surface area (Å²) in [4.78, 5) is 16.9. The highest BCUT2D eigenvalue weighted by molar-refractivity contribution is 7.16. The van der Waals surface area contributed by atoms with Gasteiger partial charge < -0.3 is 10.6 Å². The molecular formula is C14H12F3N3OS. The number of rotatable bonds is 2. The molecule has 1 aliphatic heterocycles. The van der Waals surface area contributed by atoms with Crippen molar-refractivity contribution in [3.63, 3.8) is 0 Å². The number of carbonyl (C=O) groups excluding carboxylic acids is 1. The van der Waals surface area contributed by atoms with Crippen molar-refractivity contribution < 1.29 is 18.0 Å². The SMILES string of the molecule is CNc1nc2c(s1)[C@H](c1ccc(C(F)(F)F)cc1)CC(=O)N2. The Morgan fingerprint density at radius 2 is 2.00 bits per heavy atom. The average molecular weight is 327 g/mol. The van der Waals surface area contributed by atoms with Crippen molar-refractivity contribution in [3.05, 3.63) is 40.3 Å². The third kappa shape index (κ3) is 2.66. The van der Waals surface area contributed by atoms with Crippen molar-refractivity contribution in [2.24, 2.45) is 0 Å². The minimum Gasteiger partial charge on any atom is -0.365 e. The minimum atomic E-state index is -4.36. The van der Waals surface area contributed by atoms with Crippen LogP contribution in [0.2, 0.25) is 0 Å². The summed E-state index contributed by atoms with van der Waals surface area (Å²) in [5.74, 6) is 0.0199. The van der Waals surface area contributed by atoms with Crippen molar-refractivity contribution in [3.8, 4) is 0 Å². The van der Waals surface area contributed by atoms with Crippen molar-refractivity contribution in [2.75, 3.05) is 17.7 Å². The van der Waals surface area contributed by atoms with Crippen molar-refractivity contribution in [1.29, 1.82) is 0 Å². The Labute approximate surface area is 128 Å². The topological polar surface area (TPSA) is 54.0 Å². The number of nitrogens with one attached hydrogen (secondary N) is 2. The van der Waals surface area contributed by atoms with Gasteiger partial charge in [0, 0.05) is 19.4 Å². The Morgan fingerprint density at radius 1 is 1.32 bits per heavy atom. The molecule has 2 heterocycles. The van der Waals surface area contributed by atoms with Crippen LogP contribution < -0.4 is 10.6 Å². The van der Waals surface area contributed by atoms with Crippen molar-refractivity contribution in [1.82, 2.24) is 4.98 Å². The molecule has 0 spiro atoms. The van der Waals surface area contributed by atoms with Crippen LogP contribution in [-0.2, 0) is 11.0 Å². The fraction of sp³-hybridized carbons (Fsp3) is 0.286. The maximum Gasteiger partial charge on any atom is 0.416 e. The van der Waals surface area contributed by atoms with Crippen LogP contribution in [-0.4, -0.2) is 17.9 Å². The summed E-state index contributed by atoms with van der Waals surface area (Å²) >= 11 is 1.39. The summed E-state index contributed by atoms with van der Waals surface area (Å²) in [7, 11) is 1.72. The smallest absolute Gasteiger partial charge is 0.365 e. The van der Waals surface area contributed by atoms with E-state index in [4.69, 9.17) is 0 Å². The van der Waals surface area contributed by atoms with Crippen LogP contribution in [0.25, 0.3) is 0 Å². The number of anilines is 2. The van der Waals surface area contributed by atoms with E-state index < -0.39 is 11.7 Å². The van der Waals surface area contributed by atoms with Gasteiger partial charge in [-0.2, -0.15) is 13.2 Å². The van der Waals surface area contributed by atoms with Crippen LogP contribution in [0.5, 0.6) is 0 Å². The Hall–Kier alpha value is -2.09. The average Bonchev–Trinajstić information content (AvgIpc) is 2.88. The van der Waals surface area contributed by atoms with Crippen molar-refractivity contribution >= 4 is 28.2 Å². The zero-order chi connectivity index (χ0) is 15.9. The lowest BCUT2D eigenvalue weighted by Crippen LogP contribution is -2.22. The molecule has 0 radical (unpaired) electrons. The molecule has 0 unspecified atom stereocenters. The number of hydrogen-bond donors (Lipinski definition) is 2. The molecule has 0 saturated carbocycles. The highest BCUT2D eigenvalue weighted by Gasteiger charge is 2.33. The van der Waals surface area contributed by atoms with Crippen LogP contribution in [0.4, 0.5) is 24.1 Å². The van der Waals surface area contributed by atoms with Crippen LogP contribution >= 0.6 is 11.3 Å². The van der Waals surface area contributed by atoms with E-state index in [-0.39, 0.29) is 18.2 Å². The number of thiazole rings is 1. The molecule has 1 aliphatic rings. The predicted octanol–water partition coefficient (Wildman–Crippen LogP) is 3.68. The van der Waals surface area contributed by atoms with E-state index in [1.54, 1.807) is 7.05 Å². The Bertz CT molecular complexity index is 709. The van der Waals surface area contributed by atoms with Crippen LogP contribution in [0.3, 0.4) is 0 Å². The number of aromatic nitrogens is 1. The third-order valence-corrected chi connectivity index (χ3v) is 4.66. The minimum absolute atomic E-state index is 0.189. The van der Waals surface area contributed by atoms with E-state index in [0.29, 0.717) is 16.5 Å². The number of halogens is 3. The molecule has 4 nitrogen and oxygen atoms in total. The number of benzene rings is 1. The molecule has 22 heavy (non-hydrogen) atoms. The summed E-state index contributed by atoms with van der Waals surface area (Å²) in [5.41, 5.74) is -0.0210. The van der Waals surface area contributed by atoms with E-state index in [0.717, 1.165) is 17.0 Å². The van der Waals surface area contributed by atoms with Gasteiger partial charge in [-0.25, -0.2) is 4.98 Å². The highest BCUT2D eigenvalue weighted by atomic mass is 32.1. The molecule has 1 aromatic heterocycles. The molecule has 3 rings (SSSR count). The summed E-state index contributed by atoms with van der Waals surface area (Å²) in [6.07, 6.45) is -4.17. The van der Waals surface area contributed by atoms with Crippen LogP contribution in [0.15, 0.2) is 24.3 Å². The maximum atomic E-state index is 12.6. The molecular weight excluding hydrogens is 315 g/mol. The van der Waals surface area contributed by atoms with Gasteiger partial charge >= 0.3 is 6.18 Å². The van der Waals surface area contributed by atoms with E-state index in [1.807, 2.05) is 0 Å². The Kier molecular flexibility index (Phi) is 3.56. The predicted molar refractivity (Wildman–Crippen MR) is 78.2 cm³/mol. The largest absolute Gasteiger partial charge is 0.416 e. The van der Waals surface area contributed by atoms with E-state index in [2.05, 4.69) is 15.6 Å². The maximum absolute atomic E-state index is 12.6. The zero-order valence-electron chi connectivity index (χ0n) is 11.5. The number of fused-ring (bicyclic) bond motifs is 1. The van der Waals surface area contributed by atoms with Gasteiger partial charge in [0.05, 0.1) is 10.4 Å². The first-order valence-corrected chi connectivity index (χ1v) is 7.35. The quantitative estimate of drug-likeness (QED) is 0.885. The molecule has 0 saturated heterocycles. The van der Waals surface area contributed by atoms with Gasteiger partial charge in [0.1, 0.15) is 5.82 Å². The fourth-order valence-electron chi connectivity index (χ4n) is 2.40. The van der Waals surface area contributed by atoms with Crippen LogP contribution in [0, 0.1) is 0 Å². The van der Waals surface area contributed by atoms with Gasteiger partial charge in [0.15, 0.2) is 5.13 Å². The number of carbonyl (C=O) groups is 1. The summed E-state index contributed by atoms with van der Waals surface area (Å²) in [6, 6.07) is 4.94. The molecule has 8 heteroatoms. The molecule has 1 amide bonds. The lowest BCUT2D eigenvalue weighted by atomic mass is 9.91. The van der Waals surface area contributed by atoms with Crippen LogP contribution in [0.1, 0.15) is 28.3 Å².